The minimum absolute atomic E-state index is 0.0347. The Labute approximate surface area is 154 Å². The van der Waals surface area contributed by atoms with E-state index in [0.29, 0.717) is 10.4 Å². The Morgan fingerprint density at radius 3 is 2.74 bits per heavy atom. The van der Waals surface area contributed by atoms with E-state index in [9.17, 15) is 28.1 Å². The van der Waals surface area contributed by atoms with Gasteiger partial charge in [0.1, 0.15) is 0 Å². The molecule has 0 radical (unpaired) electrons. The minimum Gasteiger partial charge on any atom is -0.358 e. The summed E-state index contributed by atoms with van der Waals surface area (Å²) in [7, 11) is 0. The lowest BCUT2D eigenvalue weighted by Crippen LogP contribution is -2.12. The molecule has 1 amide bonds. The van der Waals surface area contributed by atoms with Gasteiger partial charge in [0.15, 0.2) is 0 Å². The van der Waals surface area contributed by atoms with E-state index in [2.05, 4.69) is 10.4 Å². The van der Waals surface area contributed by atoms with Crippen molar-refractivity contribution in [2.75, 3.05) is 5.32 Å². The van der Waals surface area contributed by atoms with Gasteiger partial charge in [-0.3, -0.25) is 4.79 Å². The molecule has 2 aromatic heterocycles. The molecule has 1 aromatic carbocycles. The molecule has 0 aliphatic carbocycles. The van der Waals surface area contributed by atoms with Gasteiger partial charge in [0, 0.05) is 5.69 Å². The first kappa shape index (κ1) is 18.6. The number of amides is 1. The molecule has 0 fully saturated rings. The van der Waals surface area contributed by atoms with Gasteiger partial charge in [-0.15, -0.1) is 11.3 Å². The van der Waals surface area contributed by atoms with Crippen molar-refractivity contribution >= 4 is 28.7 Å². The number of carbonyl (C=O) groups excluding carboxylic acids is 1. The molecule has 0 bridgehead atoms. The van der Waals surface area contributed by atoms with Crippen LogP contribution in [-0.4, -0.2) is 20.6 Å². The average molecular weight is 396 g/mol. The van der Waals surface area contributed by atoms with Gasteiger partial charge in [-0.25, -0.2) is 0 Å². The normalized spacial score (nSPS) is 11.4. The Morgan fingerprint density at radius 2 is 2.07 bits per heavy atom. The number of carbonyl (C=O) groups is 1. The van der Waals surface area contributed by atoms with Crippen molar-refractivity contribution < 1.29 is 22.9 Å². The first-order chi connectivity index (χ1) is 12.7. The van der Waals surface area contributed by atoms with Gasteiger partial charge in [0.25, 0.3) is 5.91 Å². The first-order valence-corrected chi connectivity index (χ1v) is 8.34. The third-order valence-corrected chi connectivity index (χ3v) is 4.46. The molecule has 140 valence electrons. The zero-order valence-corrected chi connectivity index (χ0v) is 14.3. The minimum atomic E-state index is -4.50. The number of hydrogen-bond acceptors (Lipinski definition) is 5. The predicted octanol–water partition coefficient (Wildman–Crippen LogP) is 4.17. The highest BCUT2D eigenvalue weighted by Crippen LogP contribution is 2.31. The van der Waals surface area contributed by atoms with Crippen LogP contribution in [0, 0.1) is 10.1 Å². The van der Waals surface area contributed by atoms with Crippen molar-refractivity contribution in [2.24, 2.45) is 0 Å². The van der Waals surface area contributed by atoms with Gasteiger partial charge in [-0.2, -0.15) is 17.9 Å². The first-order valence-electron chi connectivity index (χ1n) is 7.46. The molecule has 0 aliphatic heterocycles. The van der Waals surface area contributed by atoms with Crippen LogP contribution in [0.1, 0.15) is 20.8 Å². The van der Waals surface area contributed by atoms with Crippen LogP contribution in [0.3, 0.4) is 0 Å². The maximum absolute atomic E-state index is 12.7. The fraction of sp³-hybridized carbons (Fsp3) is 0.125. The van der Waals surface area contributed by atoms with E-state index in [1.165, 1.54) is 29.1 Å². The molecule has 1 N–H and O–H groups in total. The quantitative estimate of drug-likeness (QED) is 0.518. The lowest BCUT2D eigenvalue weighted by molar-refractivity contribution is -0.389. The Kier molecular flexibility index (Phi) is 4.95. The van der Waals surface area contributed by atoms with E-state index < -0.39 is 22.6 Å². The summed E-state index contributed by atoms with van der Waals surface area (Å²) < 4.78 is 39.5. The van der Waals surface area contributed by atoms with E-state index in [-0.39, 0.29) is 18.1 Å². The molecule has 0 aliphatic rings. The van der Waals surface area contributed by atoms with Crippen molar-refractivity contribution in [1.29, 1.82) is 0 Å². The fourth-order valence-corrected chi connectivity index (χ4v) is 3.07. The van der Waals surface area contributed by atoms with Crippen molar-refractivity contribution in [1.82, 2.24) is 9.78 Å². The Hall–Kier alpha value is -3.21. The molecular formula is C16H11F3N4O3S. The number of nitrogens with one attached hydrogen (secondary N) is 1. The lowest BCUT2D eigenvalue weighted by Gasteiger charge is -2.09. The molecule has 11 heteroatoms. The van der Waals surface area contributed by atoms with Gasteiger partial charge in [-0.1, -0.05) is 6.07 Å². The number of nitrogens with zero attached hydrogens (tertiary/aromatic N) is 3. The number of anilines is 1. The van der Waals surface area contributed by atoms with Crippen LogP contribution in [-0.2, 0) is 12.7 Å². The molecule has 3 rings (SSSR count). The highest BCUT2D eigenvalue weighted by Gasteiger charge is 2.30. The van der Waals surface area contributed by atoms with Crippen molar-refractivity contribution in [3.05, 3.63) is 74.1 Å². The molecule has 0 atom stereocenters. The second kappa shape index (κ2) is 7.19. The molecular weight excluding hydrogens is 385 g/mol. The van der Waals surface area contributed by atoms with Crippen LogP contribution in [0.2, 0.25) is 0 Å². The summed E-state index contributed by atoms with van der Waals surface area (Å²) in [5, 5.41) is 18.5. The SMILES string of the molecule is O=C(Nc1cccc(C(F)(F)F)c1)c1cc(Cn2ccc([N+](=O)[O-])n2)cs1. The van der Waals surface area contributed by atoms with E-state index in [1.807, 2.05) is 0 Å². The summed E-state index contributed by atoms with van der Waals surface area (Å²) in [6.45, 7) is 0.223. The van der Waals surface area contributed by atoms with Crippen molar-refractivity contribution in [3.8, 4) is 0 Å². The van der Waals surface area contributed by atoms with Crippen LogP contribution in [0.15, 0.2) is 48.0 Å². The molecule has 3 aromatic rings. The Bertz CT molecular complexity index is 997. The number of rotatable bonds is 5. The van der Waals surface area contributed by atoms with Crippen LogP contribution in [0.5, 0.6) is 0 Å². The van der Waals surface area contributed by atoms with Crippen molar-refractivity contribution in [3.63, 3.8) is 0 Å². The highest BCUT2D eigenvalue weighted by molar-refractivity contribution is 7.12. The zero-order chi connectivity index (χ0) is 19.6. The number of aromatic nitrogens is 2. The number of alkyl halides is 3. The van der Waals surface area contributed by atoms with E-state index in [0.717, 1.165) is 23.5 Å². The molecule has 2 heterocycles. The number of nitro groups is 1. The third kappa shape index (κ3) is 4.50. The molecule has 0 unspecified atom stereocenters. The summed E-state index contributed by atoms with van der Waals surface area (Å²) >= 11 is 1.11. The van der Waals surface area contributed by atoms with Gasteiger partial charge < -0.3 is 15.4 Å². The molecule has 7 nitrogen and oxygen atoms in total. The number of thiophene rings is 1. The fourth-order valence-electron chi connectivity index (χ4n) is 2.27. The molecule has 27 heavy (non-hydrogen) atoms. The van der Waals surface area contributed by atoms with Crippen LogP contribution < -0.4 is 5.32 Å². The van der Waals surface area contributed by atoms with Gasteiger partial charge in [0.2, 0.25) is 0 Å². The highest BCUT2D eigenvalue weighted by atomic mass is 32.1. The summed E-state index contributed by atoms with van der Waals surface area (Å²) in [6, 6.07) is 7.17. The number of benzene rings is 1. The van der Waals surface area contributed by atoms with E-state index >= 15 is 0 Å². The lowest BCUT2D eigenvalue weighted by atomic mass is 10.2. The van der Waals surface area contributed by atoms with Crippen LogP contribution in [0.25, 0.3) is 0 Å². The average Bonchev–Trinajstić information content (AvgIpc) is 3.24. The summed E-state index contributed by atoms with van der Waals surface area (Å²) in [5.74, 6) is -0.829. The monoisotopic (exact) mass is 396 g/mol. The molecule has 0 saturated carbocycles. The summed E-state index contributed by atoms with van der Waals surface area (Å²) in [4.78, 5) is 22.6. The van der Waals surface area contributed by atoms with Gasteiger partial charge in [-0.05, 0) is 40.1 Å². The largest absolute Gasteiger partial charge is 0.416 e. The smallest absolute Gasteiger partial charge is 0.358 e. The van der Waals surface area contributed by atoms with Gasteiger partial charge in [0.05, 0.1) is 34.3 Å². The second-order valence-corrected chi connectivity index (χ2v) is 6.39. The maximum atomic E-state index is 12.7. The molecule has 0 spiro atoms. The maximum Gasteiger partial charge on any atom is 0.416 e. The van der Waals surface area contributed by atoms with Crippen LogP contribution in [0.4, 0.5) is 24.7 Å². The van der Waals surface area contributed by atoms with Crippen molar-refractivity contribution in [2.45, 2.75) is 12.7 Å². The Balaban J connectivity index is 1.69. The van der Waals surface area contributed by atoms with Crippen LogP contribution >= 0.6 is 11.3 Å². The third-order valence-electron chi connectivity index (χ3n) is 3.48. The van der Waals surface area contributed by atoms with Gasteiger partial charge >= 0.3 is 12.0 Å². The summed E-state index contributed by atoms with van der Waals surface area (Å²) in [5.41, 5.74) is -0.132. The summed E-state index contributed by atoms with van der Waals surface area (Å²) in [6.07, 6.45) is -3.05. The zero-order valence-electron chi connectivity index (χ0n) is 13.4. The van der Waals surface area contributed by atoms with E-state index in [1.54, 1.807) is 11.4 Å². The number of hydrogen-bond donors (Lipinski definition) is 1. The Morgan fingerprint density at radius 1 is 1.30 bits per heavy atom. The second-order valence-electron chi connectivity index (χ2n) is 5.48. The topological polar surface area (TPSA) is 90.1 Å². The molecule has 0 saturated heterocycles. The van der Waals surface area contributed by atoms with E-state index in [4.69, 9.17) is 0 Å². The predicted molar refractivity (Wildman–Crippen MR) is 91.7 cm³/mol. The number of halogens is 3. The standard InChI is InChI=1S/C16H11F3N4O3S/c17-16(18,19)11-2-1-3-12(7-11)20-15(24)13-6-10(9-27-13)8-22-5-4-14(21-22)23(25)26/h1-7,9H,8H2,(H,20,24).